The van der Waals surface area contributed by atoms with Gasteiger partial charge in [-0.3, -0.25) is 4.79 Å². The van der Waals surface area contributed by atoms with Crippen LogP contribution in [0.25, 0.3) is 6.08 Å². The number of hydrogen-bond acceptors (Lipinski definition) is 5. The highest BCUT2D eigenvalue weighted by Crippen LogP contribution is 2.35. The quantitative estimate of drug-likeness (QED) is 0.297. The highest BCUT2D eigenvalue weighted by atomic mass is 16.5. The van der Waals surface area contributed by atoms with Gasteiger partial charge in [-0.1, -0.05) is 45.0 Å². The van der Waals surface area contributed by atoms with Crippen LogP contribution in [0.4, 0.5) is 0 Å². The Labute approximate surface area is 187 Å². The van der Waals surface area contributed by atoms with E-state index in [1.807, 2.05) is 18.2 Å². The van der Waals surface area contributed by atoms with Gasteiger partial charge in [0.2, 0.25) is 5.78 Å². The first kappa shape index (κ1) is 21.4. The Hall–Kier alpha value is -3.86. The number of carbonyl (C=O) groups excluding carboxylic acids is 2. The summed E-state index contributed by atoms with van der Waals surface area (Å²) in [5.41, 5.74) is 2.79. The van der Waals surface area contributed by atoms with Gasteiger partial charge >= 0.3 is 5.97 Å². The fourth-order valence-electron chi connectivity index (χ4n) is 3.39. The molecule has 1 aliphatic rings. The average Bonchev–Trinajstić information content (AvgIpc) is 3.08. The zero-order chi connectivity index (χ0) is 22.9. The van der Waals surface area contributed by atoms with Gasteiger partial charge in [-0.15, -0.1) is 0 Å². The first-order chi connectivity index (χ1) is 15.2. The average molecular weight is 428 g/mol. The Morgan fingerprint density at radius 3 is 2.38 bits per heavy atom. The number of hydrogen-bond donors (Lipinski definition) is 0. The van der Waals surface area contributed by atoms with Gasteiger partial charge in [-0.25, -0.2) is 4.79 Å². The Bertz CT molecular complexity index is 1210. The van der Waals surface area contributed by atoms with Crippen molar-refractivity contribution in [3.8, 4) is 17.2 Å². The van der Waals surface area contributed by atoms with Gasteiger partial charge in [0, 0.05) is 6.07 Å². The molecule has 0 radical (unpaired) electrons. The summed E-state index contributed by atoms with van der Waals surface area (Å²) in [4.78, 5) is 25.2. The minimum absolute atomic E-state index is 0.00873. The molecule has 32 heavy (non-hydrogen) atoms. The second-order valence-corrected chi connectivity index (χ2v) is 8.59. The SMILES string of the molecule is COc1ccc2c(c1)O/C(=C\c1cccc(OC(=O)c3ccc(C(C)(C)C)cc3)c1)C2=O. The molecule has 0 saturated heterocycles. The molecule has 162 valence electrons. The monoisotopic (exact) mass is 428 g/mol. The molecule has 3 aromatic rings. The first-order valence-corrected chi connectivity index (χ1v) is 10.3. The summed E-state index contributed by atoms with van der Waals surface area (Å²) in [5, 5.41) is 0. The van der Waals surface area contributed by atoms with Crippen molar-refractivity contribution in [3.05, 3.63) is 94.7 Å². The van der Waals surface area contributed by atoms with Crippen molar-refractivity contribution in [1.29, 1.82) is 0 Å². The third-order valence-corrected chi connectivity index (χ3v) is 5.23. The van der Waals surface area contributed by atoms with Gasteiger partial charge in [0.25, 0.3) is 0 Å². The third-order valence-electron chi connectivity index (χ3n) is 5.23. The fourth-order valence-corrected chi connectivity index (χ4v) is 3.39. The summed E-state index contributed by atoms with van der Waals surface area (Å²) in [6.07, 6.45) is 1.63. The summed E-state index contributed by atoms with van der Waals surface area (Å²) in [6.45, 7) is 6.36. The van der Waals surface area contributed by atoms with Crippen molar-refractivity contribution in [2.45, 2.75) is 26.2 Å². The zero-order valence-corrected chi connectivity index (χ0v) is 18.5. The first-order valence-electron chi connectivity index (χ1n) is 10.3. The molecule has 0 bridgehead atoms. The van der Waals surface area contributed by atoms with Gasteiger partial charge in [-0.2, -0.15) is 0 Å². The lowest BCUT2D eigenvalue weighted by Gasteiger charge is -2.18. The zero-order valence-electron chi connectivity index (χ0n) is 18.5. The Morgan fingerprint density at radius 2 is 1.69 bits per heavy atom. The number of fused-ring (bicyclic) bond motifs is 1. The summed E-state index contributed by atoms with van der Waals surface area (Å²) in [7, 11) is 1.56. The van der Waals surface area contributed by atoms with Crippen LogP contribution >= 0.6 is 0 Å². The second kappa shape index (κ2) is 8.35. The molecule has 0 N–H and O–H groups in total. The van der Waals surface area contributed by atoms with E-state index in [9.17, 15) is 9.59 Å². The van der Waals surface area contributed by atoms with Crippen LogP contribution in [0.3, 0.4) is 0 Å². The van der Waals surface area contributed by atoms with Crippen LogP contribution in [-0.4, -0.2) is 18.9 Å². The summed E-state index contributed by atoms with van der Waals surface area (Å²) in [5.74, 6) is 1.01. The van der Waals surface area contributed by atoms with E-state index in [0.29, 0.717) is 33.9 Å². The smallest absolute Gasteiger partial charge is 0.343 e. The molecule has 0 amide bonds. The minimum Gasteiger partial charge on any atom is -0.497 e. The van der Waals surface area contributed by atoms with E-state index in [-0.39, 0.29) is 17.0 Å². The molecular weight excluding hydrogens is 404 g/mol. The van der Waals surface area contributed by atoms with E-state index in [2.05, 4.69) is 20.8 Å². The Kier molecular flexibility index (Phi) is 5.57. The van der Waals surface area contributed by atoms with Crippen LogP contribution in [0.2, 0.25) is 0 Å². The summed E-state index contributed by atoms with van der Waals surface area (Å²) in [6, 6.07) is 19.4. The maximum absolute atomic E-state index is 12.6. The molecular formula is C27H24O5. The molecule has 0 spiro atoms. The largest absolute Gasteiger partial charge is 0.497 e. The molecule has 5 nitrogen and oxygen atoms in total. The van der Waals surface area contributed by atoms with E-state index in [1.54, 1.807) is 61.7 Å². The second-order valence-electron chi connectivity index (χ2n) is 8.59. The van der Waals surface area contributed by atoms with Crippen LogP contribution in [0, 0.1) is 0 Å². The fraction of sp³-hybridized carbons (Fsp3) is 0.185. The number of esters is 1. The number of allylic oxidation sites excluding steroid dienone is 1. The standard InChI is InChI=1S/C27H24O5/c1-27(2,3)19-10-8-18(9-11-19)26(29)31-21-7-5-6-17(14-21)15-24-25(28)22-13-12-20(30-4)16-23(22)32-24/h5-16H,1-4H3/b24-15-. The van der Waals surface area contributed by atoms with Crippen LogP contribution in [0.5, 0.6) is 17.2 Å². The number of methoxy groups -OCH3 is 1. The molecule has 3 aromatic carbocycles. The molecule has 4 rings (SSSR count). The topological polar surface area (TPSA) is 61.8 Å². The van der Waals surface area contributed by atoms with E-state index < -0.39 is 5.97 Å². The lowest BCUT2D eigenvalue weighted by molar-refractivity contribution is 0.0734. The molecule has 0 unspecified atom stereocenters. The van der Waals surface area contributed by atoms with Gasteiger partial charge < -0.3 is 14.2 Å². The third kappa shape index (κ3) is 4.42. The van der Waals surface area contributed by atoms with Crippen LogP contribution in [0.1, 0.15) is 52.6 Å². The number of rotatable bonds is 4. The van der Waals surface area contributed by atoms with Gasteiger partial charge in [0.15, 0.2) is 5.76 Å². The van der Waals surface area contributed by atoms with Crippen molar-refractivity contribution in [3.63, 3.8) is 0 Å². The summed E-state index contributed by atoms with van der Waals surface area (Å²) < 4.78 is 16.4. The number of ketones is 1. The van der Waals surface area contributed by atoms with Crippen molar-refractivity contribution in [2.24, 2.45) is 0 Å². The van der Waals surface area contributed by atoms with Gasteiger partial charge in [0.1, 0.15) is 17.2 Å². The van der Waals surface area contributed by atoms with Crippen molar-refractivity contribution in [1.82, 2.24) is 0 Å². The number of Topliss-reactive ketones (excluding diaryl/α,β-unsaturated/α-hetero) is 1. The van der Waals surface area contributed by atoms with E-state index >= 15 is 0 Å². The lowest BCUT2D eigenvalue weighted by Crippen LogP contribution is -2.13. The van der Waals surface area contributed by atoms with Crippen LogP contribution in [-0.2, 0) is 5.41 Å². The normalized spacial score (nSPS) is 14.1. The molecule has 0 aromatic heterocycles. The number of carbonyl (C=O) groups is 2. The summed E-state index contributed by atoms with van der Waals surface area (Å²) >= 11 is 0. The van der Waals surface area contributed by atoms with Gasteiger partial charge in [0.05, 0.1) is 18.2 Å². The molecule has 1 aliphatic heterocycles. The Balaban J connectivity index is 1.50. The molecule has 0 atom stereocenters. The van der Waals surface area contributed by atoms with Crippen molar-refractivity contribution >= 4 is 17.8 Å². The maximum Gasteiger partial charge on any atom is 0.343 e. The predicted molar refractivity (Wildman–Crippen MR) is 122 cm³/mol. The number of benzene rings is 3. The number of ether oxygens (including phenoxy) is 3. The Morgan fingerprint density at radius 1 is 0.938 bits per heavy atom. The van der Waals surface area contributed by atoms with E-state index in [4.69, 9.17) is 14.2 Å². The molecule has 5 heteroatoms. The molecule has 1 heterocycles. The molecule has 0 saturated carbocycles. The van der Waals surface area contributed by atoms with Crippen LogP contribution < -0.4 is 14.2 Å². The van der Waals surface area contributed by atoms with Crippen molar-refractivity contribution in [2.75, 3.05) is 7.11 Å². The van der Waals surface area contributed by atoms with Crippen LogP contribution in [0.15, 0.2) is 72.5 Å². The van der Waals surface area contributed by atoms with Crippen molar-refractivity contribution < 1.29 is 23.8 Å². The molecule has 0 fully saturated rings. The molecule has 0 aliphatic carbocycles. The van der Waals surface area contributed by atoms with E-state index in [1.165, 1.54) is 0 Å². The highest BCUT2D eigenvalue weighted by molar-refractivity contribution is 6.14. The van der Waals surface area contributed by atoms with E-state index in [0.717, 1.165) is 5.56 Å². The maximum atomic E-state index is 12.6. The lowest BCUT2D eigenvalue weighted by atomic mass is 9.87. The predicted octanol–water partition coefficient (Wildman–Crippen LogP) is 5.83. The minimum atomic E-state index is -0.442. The highest BCUT2D eigenvalue weighted by Gasteiger charge is 2.27. The van der Waals surface area contributed by atoms with Gasteiger partial charge in [-0.05, 0) is 59.0 Å².